The van der Waals surface area contributed by atoms with Crippen molar-refractivity contribution < 1.29 is 9.59 Å². The number of hydrogen-bond donors (Lipinski definition) is 1. The molecule has 3 nitrogen and oxygen atoms in total. The van der Waals surface area contributed by atoms with Gasteiger partial charge in [-0.2, -0.15) is 0 Å². The Labute approximate surface area is 185 Å². The summed E-state index contributed by atoms with van der Waals surface area (Å²) in [5.41, 5.74) is 2.76. The Kier molecular flexibility index (Phi) is 4.68. The SMILES string of the molecule is O=C1C[C@@H](c2ccc(Cl)cc2)C2(C(=O)Nc3ccccc32)[C@H](c2ccc(Cl)cc2)C1. The fourth-order valence-corrected chi connectivity index (χ4v) is 5.50. The zero-order valence-corrected chi connectivity index (χ0v) is 17.6. The van der Waals surface area contributed by atoms with E-state index in [4.69, 9.17) is 23.2 Å². The summed E-state index contributed by atoms with van der Waals surface area (Å²) >= 11 is 12.2. The second-order valence-electron chi connectivity index (χ2n) is 8.02. The second-order valence-corrected chi connectivity index (χ2v) is 8.90. The van der Waals surface area contributed by atoms with Crippen molar-refractivity contribution >= 4 is 40.6 Å². The van der Waals surface area contributed by atoms with Crippen LogP contribution in [0.4, 0.5) is 5.69 Å². The molecular weight excluding hydrogens is 417 g/mol. The maximum Gasteiger partial charge on any atom is 0.236 e. The van der Waals surface area contributed by atoms with Crippen LogP contribution in [0.3, 0.4) is 0 Å². The smallest absolute Gasteiger partial charge is 0.236 e. The van der Waals surface area contributed by atoms with E-state index in [-0.39, 0.29) is 23.5 Å². The Morgan fingerprint density at radius 3 is 1.77 bits per heavy atom. The van der Waals surface area contributed by atoms with Gasteiger partial charge in [-0.1, -0.05) is 65.7 Å². The molecule has 150 valence electrons. The van der Waals surface area contributed by atoms with E-state index in [2.05, 4.69) is 5.32 Å². The summed E-state index contributed by atoms with van der Waals surface area (Å²) in [5, 5.41) is 4.34. The molecule has 1 fully saturated rings. The van der Waals surface area contributed by atoms with Gasteiger partial charge < -0.3 is 5.32 Å². The van der Waals surface area contributed by atoms with Crippen LogP contribution in [0, 0.1) is 0 Å². The molecule has 1 heterocycles. The molecule has 1 spiro atoms. The molecule has 1 aliphatic carbocycles. The van der Waals surface area contributed by atoms with E-state index < -0.39 is 5.41 Å². The lowest BCUT2D eigenvalue weighted by Gasteiger charge is -2.46. The average molecular weight is 436 g/mol. The summed E-state index contributed by atoms with van der Waals surface area (Å²) in [6, 6.07) is 22.8. The third-order valence-corrected chi connectivity index (χ3v) is 7.01. The first kappa shape index (κ1) is 19.3. The minimum Gasteiger partial charge on any atom is -0.325 e. The van der Waals surface area contributed by atoms with Gasteiger partial charge >= 0.3 is 0 Å². The van der Waals surface area contributed by atoms with E-state index in [1.54, 1.807) is 0 Å². The van der Waals surface area contributed by atoms with Crippen LogP contribution in [0.2, 0.25) is 10.0 Å². The molecule has 0 bridgehead atoms. The largest absolute Gasteiger partial charge is 0.325 e. The zero-order valence-electron chi connectivity index (χ0n) is 16.1. The van der Waals surface area contributed by atoms with Crippen LogP contribution in [0.15, 0.2) is 72.8 Å². The van der Waals surface area contributed by atoms with E-state index in [1.807, 2.05) is 72.8 Å². The number of carbonyl (C=O) groups is 2. The molecule has 2 atom stereocenters. The average Bonchev–Trinajstić information content (AvgIpc) is 3.03. The van der Waals surface area contributed by atoms with Crippen molar-refractivity contribution in [2.45, 2.75) is 30.1 Å². The van der Waals surface area contributed by atoms with Crippen LogP contribution in [0.5, 0.6) is 0 Å². The monoisotopic (exact) mass is 435 g/mol. The standard InChI is InChI=1S/C25H19Cl2NO2/c26-17-9-5-15(6-10-17)21-13-19(29)14-22(16-7-11-18(27)12-8-16)25(21)20-3-1-2-4-23(20)28-24(25)30/h1-12,21-22H,13-14H2,(H,28,30)/t21-,22-/m0/s1. The third kappa shape index (κ3) is 2.88. The van der Waals surface area contributed by atoms with Gasteiger partial charge in [0.15, 0.2) is 0 Å². The molecule has 5 rings (SSSR count). The quantitative estimate of drug-likeness (QED) is 0.527. The number of carbonyl (C=O) groups excluding carboxylic acids is 2. The van der Waals surface area contributed by atoms with Gasteiger partial charge in [0.2, 0.25) is 5.91 Å². The molecule has 0 saturated heterocycles. The van der Waals surface area contributed by atoms with Crippen molar-refractivity contribution in [1.29, 1.82) is 0 Å². The molecule has 30 heavy (non-hydrogen) atoms. The molecule has 2 aliphatic rings. The summed E-state index contributed by atoms with van der Waals surface area (Å²) in [7, 11) is 0. The van der Waals surface area contributed by atoms with E-state index in [0.29, 0.717) is 22.9 Å². The molecule has 3 aromatic rings. The van der Waals surface area contributed by atoms with Crippen LogP contribution in [-0.4, -0.2) is 11.7 Å². The molecule has 0 aromatic heterocycles. The number of Topliss-reactive ketones (excluding diaryl/α,β-unsaturated/α-hetero) is 1. The van der Waals surface area contributed by atoms with Crippen molar-refractivity contribution in [3.63, 3.8) is 0 Å². The van der Waals surface area contributed by atoms with E-state index in [9.17, 15) is 9.59 Å². The summed E-state index contributed by atoms with van der Waals surface area (Å²) in [4.78, 5) is 26.7. The normalized spacial score (nSPS) is 22.1. The lowest BCUT2D eigenvalue weighted by Crippen LogP contribution is -2.50. The number of anilines is 1. The van der Waals surface area contributed by atoms with Gasteiger partial charge in [0.05, 0.1) is 5.41 Å². The molecule has 1 aliphatic heterocycles. The van der Waals surface area contributed by atoms with Gasteiger partial charge in [0.25, 0.3) is 0 Å². The summed E-state index contributed by atoms with van der Waals surface area (Å²) in [6.07, 6.45) is 0.626. The topological polar surface area (TPSA) is 46.2 Å². The maximum atomic E-state index is 13.7. The van der Waals surface area contributed by atoms with Crippen molar-refractivity contribution in [2.75, 3.05) is 5.32 Å². The third-order valence-electron chi connectivity index (χ3n) is 6.50. The van der Waals surface area contributed by atoms with E-state index >= 15 is 0 Å². The van der Waals surface area contributed by atoms with Crippen LogP contribution in [0.25, 0.3) is 0 Å². The first-order chi connectivity index (χ1) is 14.5. The van der Waals surface area contributed by atoms with E-state index in [1.165, 1.54) is 0 Å². The number of hydrogen-bond acceptors (Lipinski definition) is 2. The number of ketones is 1. The highest BCUT2D eigenvalue weighted by atomic mass is 35.5. The minimum absolute atomic E-state index is 0.0592. The van der Waals surface area contributed by atoms with Crippen LogP contribution in [0.1, 0.15) is 41.4 Å². The fourth-order valence-electron chi connectivity index (χ4n) is 5.25. The predicted molar refractivity (Wildman–Crippen MR) is 119 cm³/mol. The summed E-state index contributed by atoms with van der Waals surface area (Å²) in [5.74, 6) is -0.491. The van der Waals surface area contributed by atoms with E-state index in [0.717, 1.165) is 22.4 Å². The highest BCUT2D eigenvalue weighted by Crippen LogP contribution is 2.59. The minimum atomic E-state index is -0.883. The van der Waals surface area contributed by atoms with Crippen LogP contribution >= 0.6 is 23.2 Å². The number of para-hydroxylation sites is 1. The van der Waals surface area contributed by atoms with Crippen LogP contribution in [-0.2, 0) is 15.0 Å². The van der Waals surface area contributed by atoms with Crippen molar-refractivity contribution in [1.82, 2.24) is 0 Å². The number of rotatable bonds is 2. The number of halogens is 2. The number of amides is 1. The number of benzene rings is 3. The second kappa shape index (κ2) is 7.26. The van der Waals surface area contributed by atoms with Gasteiger partial charge in [-0.15, -0.1) is 0 Å². The van der Waals surface area contributed by atoms with Crippen molar-refractivity contribution in [3.8, 4) is 0 Å². The summed E-state index contributed by atoms with van der Waals surface area (Å²) < 4.78 is 0. The number of nitrogens with one attached hydrogen (secondary N) is 1. The first-order valence-electron chi connectivity index (χ1n) is 9.93. The predicted octanol–water partition coefficient (Wildman–Crippen LogP) is 6.11. The molecule has 0 unspecified atom stereocenters. The Bertz CT molecular complexity index is 1080. The molecule has 1 amide bonds. The number of fused-ring (bicyclic) bond motifs is 2. The Morgan fingerprint density at radius 1 is 0.733 bits per heavy atom. The Morgan fingerprint density at radius 2 is 1.23 bits per heavy atom. The molecule has 5 heteroatoms. The Balaban J connectivity index is 1.78. The van der Waals surface area contributed by atoms with Gasteiger partial charge in [-0.05, 0) is 47.0 Å². The first-order valence-corrected chi connectivity index (χ1v) is 10.7. The van der Waals surface area contributed by atoms with Crippen molar-refractivity contribution in [2.24, 2.45) is 0 Å². The molecule has 3 aromatic carbocycles. The van der Waals surface area contributed by atoms with Gasteiger partial charge in [0.1, 0.15) is 5.78 Å². The zero-order chi connectivity index (χ0) is 20.9. The highest BCUT2D eigenvalue weighted by molar-refractivity contribution is 6.30. The fraction of sp³-hybridized carbons (Fsp3) is 0.200. The Hall–Kier alpha value is -2.62. The van der Waals surface area contributed by atoms with Gasteiger partial charge in [-0.3, -0.25) is 9.59 Å². The van der Waals surface area contributed by atoms with Crippen molar-refractivity contribution in [3.05, 3.63) is 99.5 Å². The van der Waals surface area contributed by atoms with Gasteiger partial charge in [-0.25, -0.2) is 0 Å². The van der Waals surface area contributed by atoms with Gasteiger partial charge in [0, 0.05) is 40.4 Å². The molecule has 1 N–H and O–H groups in total. The molecule has 1 saturated carbocycles. The lowest BCUT2D eigenvalue weighted by atomic mass is 9.54. The highest BCUT2D eigenvalue weighted by Gasteiger charge is 2.60. The van der Waals surface area contributed by atoms with Crippen LogP contribution < -0.4 is 5.32 Å². The molecular formula is C25H19Cl2NO2. The molecule has 0 radical (unpaired) electrons. The summed E-state index contributed by atoms with van der Waals surface area (Å²) in [6.45, 7) is 0. The lowest BCUT2D eigenvalue weighted by molar-refractivity contribution is -0.128. The maximum absolute atomic E-state index is 13.7.